The number of hydrogen-bond donors (Lipinski definition) is 3. The normalized spacial score (nSPS) is 11.1. The maximum atomic E-state index is 12.3. The quantitative estimate of drug-likeness (QED) is 0.713. The second kappa shape index (κ2) is 5.74. The standard InChI is InChI=1S/C13H12BrN3O3S/c14-9-3-6-12(11(15)7-9)21(19,20)17-10-4-1-8(2-5-10)13(16)18/h1-7,17H,15H2,(H2,16,18). The number of halogens is 1. The number of carbonyl (C=O) groups excluding carboxylic acids is 1. The molecule has 0 unspecified atom stereocenters. The van der Waals surface area contributed by atoms with Gasteiger partial charge in [-0.25, -0.2) is 8.42 Å². The lowest BCUT2D eigenvalue weighted by atomic mass is 10.2. The highest BCUT2D eigenvalue weighted by Crippen LogP contribution is 2.24. The van der Waals surface area contributed by atoms with Crippen molar-refractivity contribution in [3.63, 3.8) is 0 Å². The minimum Gasteiger partial charge on any atom is -0.398 e. The van der Waals surface area contributed by atoms with E-state index in [1.165, 1.54) is 36.4 Å². The van der Waals surface area contributed by atoms with Crippen LogP contribution in [-0.2, 0) is 10.0 Å². The zero-order valence-electron chi connectivity index (χ0n) is 10.7. The van der Waals surface area contributed by atoms with E-state index in [0.29, 0.717) is 15.7 Å². The highest BCUT2D eigenvalue weighted by atomic mass is 79.9. The monoisotopic (exact) mass is 369 g/mol. The van der Waals surface area contributed by atoms with Gasteiger partial charge in [0.05, 0.1) is 5.69 Å². The molecule has 5 N–H and O–H groups in total. The van der Waals surface area contributed by atoms with Crippen LogP contribution < -0.4 is 16.2 Å². The SMILES string of the molecule is NC(=O)c1ccc(NS(=O)(=O)c2ccc(Br)cc2N)cc1. The van der Waals surface area contributed by atoms with Gasteiger partial charge in [-0.3, -0.25) is 9.52 Å². The van der Waals surface area contributed by atoms with Crippen LogP contribution in [0.4, 0.5) is 11.4 Å². The van der Waals surface area contributed by atoms with E-state index >= 15 is 0 Å². The van der Waals surface area contributed by atoms with Crippen molar-refractivity contribution in [2.24, 2.45) is 5.73 Å². The summed E-state index contributed by atoms with van der Waals surface area (Å²) in [4.78, 5) is 10.9. The van der Waals surface area contributed by atoms with Crippen molar-refractivity contribution in [3.8, 4) is 0 Å². The number of sulfonamides is 1. The summed E-state index contributed by atoms with van der Waals surface area (Å²) in [6, 6.07) is 10.3. The smallest absolute Gasteiger partial charge is 0.263 e. The fraction of sp³-hybridized carbons (Fsp3) is 0. The van der Waals surface area contributed by atoms with Gasteiger partial charge in [-0.05, 0) is 42.5 Å². The van der Waals surface area contributed by atoms with Gasteiger partial charge in [0.25, 0.3) is 10.0 Å². The predicted octanol–water partition coefficient (Wildman–Crippen LogP) is 1.93. The van der Waals surface area contributed by atoms with Crippen LogP contribution in [0.1, 0.15) is 10.4 Å². The number of rotatable bonds is 4. The lowest BCUT2D eigenvalue weighted by Crippen LogP contribution is -2.15. The Balaban J connectivity index is 2.30. The van der Waals surface area contributed by atoms with E-state index in [-0.39, 0.29) is 10.6 Å². The summed E-state index contributed by atoms with van der Waals surface area (Å²) >= 11 is 3.21. The Morgan fingerprint density at radius 1 is 1.10 bits per heavy atom. The van der Waals surface area contributed by atoms with E-state index in [1.807, 2.05) is 0 Å². The second-order valence-electron chi connectivity index (χ2n) is 4.23. The first-order chi connectivity index (χ1) is 9.79. The molecular weight excluding hydrogens is 358 g/mol. The van der Waals surface area contributed by atoms with Crippen molar-refractivity contribution in [1.82, 2.24) is 0 Å². The number of primary amides is 1. The average molecular weight is 370 g/mol. The lowest BCUT2D eigenvalue weighted by molar-refractivity contribution is 0.100. The van der Waals surface area contributed by atoms with Gasteiger partial charge in [0, 0.05) is 15.7 Å². The first-order valence-electron chi connectivity index (χ1n) is 5.77. The van der Waals surface area contributed by atoms with Gasteiger partial charge >= 0.3 is 0 Å². The number of nitrogens with one attached hydrogen (secondary N) is 1. The number of amides is 1. The lowest BCUT2D eigenvalue weighted by Gasteiger charge is -2.10. The third-order valence-electron chi connectivity index (χ3n) is 2.68. The molecule has 110 valence electrons. The van der Waals surface area contributed by atoms with Crippen molar-refractivity contribution in [2.75, 3.05) is 10.5 Å². The number of anilines is 2. The Kier molecular flexibility index (Phi) is 4.19. The van der Waals surface area contributed by atoms with E-state index in [4.69, 9.17) is 11.5 Å². The van der Waals surface area contributed by atoms with Crippen molar-refractivity contribution in [3.05, 3.63) is 52.5 Å². The summed E-state index contributed by atoms with van der Waals surface area (Å²) in [5.74, 6) is -0.582. The number of carbonyl (C=O) groups is 1. The van der Waals surface area contributed by atoms with Crippen molar-refractivity contribution < 1.29 is 13.2 Å². The predicted molar refractivity (Wildman–Crippen MR) is 84.3 cm³/mol. The first-order valence-corrected chi connectivity index (χ1v) is 8.05. The third-order valence-corrected chi connectivity index (χ3v) is 4.63. The zero-order chi connectivity index (χ0) is 15.6. The van der Waals surface area contributed by atoms with Gasteiger partial charge in [0.2, 0.25) is 5.91 Å². The van der Waals surface area contributed by atoms with Crippen LogP contribution in [-0.4, -0.2) is 14.3 Å². The van der Waals surface area contributed by atoms with Crippen LogP contribution in [0.2, 0.25) is 0 Å². The van der Waals surface area contributed by atoms with Crippen LogP contribution in [0.25, 0.3) is 0 Å². The number of benzene rings is 2. The molecule has 0 heterocycles. The molecule has 0 aliphatic rings. The summed E-state index contributed by atoms with van der Waals surface area (Å²) in [5.41, 5.74) is 11.6. The molecule has 0 saturated carbocycles. The molecule has 0 atom stereocenters. The van der Waals surface area contributed by atoms with Gasteiger partial charge in [-0.15, -0.1) is 0 Å². The fourth-order valence-electron chi connectivity index (χ4n) is 1.68. The Morgan fingerprint density at radius 3 is 2.24 bits per heavy atom. The van der Waals surface area contributed by atoms with E-state index < -0.39 is 15.9 Å². The molecule has 0 spiro atoms. The highest BCUT2D eigenvalue weighted by molar-refractivity contribution is 9.10. The van der Waals surface area contributed by atoms with Crippen LogP contribution in [0, 0.1) is 0 Å². The summed E-state index contributed by atoms with van der Waals surface area (Å²) in [5, 5.41) is 0. The zero-order valence-corrected chi connectivity index (χ0v) is 13.1. The number of hydrogen-bond acceptors (Lipinski definition) is 4. The molecule has 1 amide bonds. The highest BCUT2D eigenvalue weighted by Gasteiger charge is 2.17. The van der Waals surface area contributed by atoms with Crippen LogP contribution >= 0.6 is 15.9 Å². The van der Waals surface area contributed by atoms with Gasteiger partial charge in [0.1, 0.15) is 4.90 Å². The molecule has 0 bridgehead atoms. The van der Waals surface area contributed by atoms with Crippen molar-refractivity contribution in [1.29, 1.82) is 0 Å². The number of nitrogens with two attached hydrogens (primary N) is 2. The molecule has 0 aliphatic heterocycles. The molecule has 2 aromatic carbocycles. The number of nitrogen functional groups attached to an aromatic ring is 1. The van der Waals surface area contributed by atoms with Gasteiger partial charge in [0.15, 0.2) is 0 Å². The molecule has 0 aromatic heterocycles. The van der Waals surface area contributed by atoms with Crippen molar-refractivity contribution >= 4 is 43.2 Å². The maximum absolute atomic E-state index is 12.3. The molecule has 0 saturated heterocycles. The van der Waals surface area contributed by atoms with Gasteiger partial charge in [-0.2, -0.15) is 0 Å². The Bertz CT molecular complexity index is 789. The largest absolute Gasteiger partial charge is 0.398 e. The topological polar surface area (TPSA) is 115 Å². The summed E-state index contributed by atoms with van der Waals surface area (Å²) in [7, 11) is -3.81. The minimum atomic E-state index is -3.81. The van der Waals surface area contributed by atoms with E-state index in [9.17, 15) is 13.2 Å². The fourth-order valence-corrected chi connectivity index (χ4v) is 3.23. The van der Waals surface area contributed by atoms with E-state index in [2.05, 4.69) is 20.7 Å². The third kappa shape index (κ3) is 3.53. The molecule has 6 nitrogen and oxygen atoms in total. The molecule has 2 aromatic rings. The van der Waals surface area contributed by atoms with Crippen LogP contribution in [0.3, 0.4) is 0 Å². The molecule has 0 aliphatic carbocycles. The molecule has 8 heteroatoms. The Morgan fingerprint density at radius 2 is 1.71 bits per heavy atom. The maximum Gasteiger partial charge on any atom is 0.263 e. The van der Waals surface area contributed by atoms with Crippen LogP contribution in [0.5, 0.6) is 0 Å². The van der Waals surface area contributed by atoms with E-state index in [0.717, 1.165) is 0 Å². The minimum absolute atomic E-state index is 0.0234. The Hall–Kier alpha value is -2.06. The van der Waals surface area contributed by atoms with Crippen LogP contribution in [0.15, 0.2) is 51.8 Å². The van der Waals surface area contributed by atoms with E-state index in [1.54, 1.807) is 6.07 Å². The molecule has 21 heavy (non-hydrogen) atoms. The second-order valence-corrected chi connectivity index (χ2v) is 6.80. The van der Waals surface area contributed by atoms with Gasteiger partial charge < -0.3 is 11.5 Å². The average Bonchev–Trinajstić information content (AvgIpc) is 2.38. The molecular formula is C13H12BrN3O3S. The first kappa shape index (κ1) is 15.3. The molecule has 0 radical (unpaired) electrons. The summed E-state index contributed by atoms with van der Waals surface area (Å²) in [6.07, 6.45) is 0. The summed E-state index contributed by atoms with van der Waals surface area (Å²) in [6.45, 7) is 0. The van der Waals surface area contributed by atoms with Gasteiger partial charge in [-0.1, -0.05) is 15.9 Å². The summed E-state index contributed by atoms with van der Waals surface area (Å²) < 4.78 is 27.6. The Labute approximate surface area is 130 Å². The molecule has 0 fully saturated rings. The molecule has 2 rings (SSSR count). The van der Waals surface area contributed by atoms with Crippen molar-refractivity contribution in [2.45, 2.75) is 4.90 Å².